The number of piperidine rings is 1. The summed E-state index contributed by atoms with van der Waals surface area (Å²) in [5.74, 6) is 1.34. The topological polar surface area (TPSA) is 73.7 Å². The van der Waals surface area contributed by atoms with E-state index in [1.54, 1.807) is 13.3 Å². The number of aromatic nitrogens is 2. The summed E-state index contributed by atoms with van der Waals surface area (Å²) in [5, 5.41) is 0.259. The molecule has 2 aliphatic heterocycles. The van der Waals surface area contributed by atoms with E-state index in [0.717, 1.165) is 76.6 Å². The van der Waals surface area contributed by atoms with Gasteiger partial charge in [-0.1, -0.05) is 0 Å². The molecule has 1 aliphatic carbocycles. The van der Waals surface area contributed by atoms with Crippen LogP contribution >= 0.6 is 0 Å². The van der Waals surface area contributed by atoms with Gasteiger partial charge in [0.05, 0.1) is 30.3 Å². The smallest absolute Gasteiger partial charge is 0.227 e. The Bertz CT molecular complexity index is 776. The van der Waals surface area contributed by atoms with Crippen LogP contribution < -0.4 is 0 Å². The second-order valence-electron chi connectivity index (χ2n) is 9.36. The molecule has 1 aromatic rings. The molecular weight excluding hydrogens is 402 g/mol. The molecule has 2 saturated heterocycles. The predicted octanol–water partition coefficient (Wildman–Crippen LogP) is 2.88. The summed E-state index contributed by atoms with van der Waals surface area (Å²) >= 11 is 0. The van der Waals surface area contributed by atoms with Gasteiger partial charge in [0.25, 0.3) is 0 Å². The molecule has 7 nitrogen and oxygen atoms in total. The monoisotopic (exact) mass is 439 g/mol. The van der Waals surface area contributed by atoms with E-state index in [9.17, 15) is 8.42 Å². The molecule has 0 spiro atoms. The molecule has 0 radical (unpaired) electrons. The molecule has 4 rings (SSSR count). The van der Waals surface area contributed by atoms with Crippen LogP contribution in [0.5, 0.6) is 0 Å². The van der Waals surface area contributed by atoms with Gasteiger partial charge >= 0.3 is 0 Å². The lowest BCUT2D eigenvalue weighted by atomic mass is 9.92. The van der Waals surface area contributed by atoms with E-state index in [0.29, 0.717) is 12.5 Å². The number of likely N-dealkylation sites (tertiary alicyclic amines) is 1. The molecule has 8 heteroatoms. The minimum atomic E-state index is -3.35. The molecule has 30 heavy (non-hydrogen) atoms. The first kappa shape index (κ1) is 22.2. The molecule has 1 atom stereocenters. The third kappa shape index (κ3) is 5.84. The lowest BCUT2D eigenvalue weighted by Gasteiger charge is -2.32. The summed E-state index contributed by atoms with van der Waals surface area (Å²) in [6.45, 7) is 5.11. The minimum absolute atomic E-state index is 0.0966. The molecule has 0 bridgehead atoms. The van der Waals surface area contributed by atoms with Gasteiger partial charge in [-0.15, -0.1) is 0 Å². The highest BCUT2D eigenvalue weighted by molar-refractivity contribution is 7.91. The lowest BCUT2D eigenvalue weighted by molar-refractivity contribution is 0.0924. The summed E-state index contributed by atoms with van der Waals surface area (Å²) in [6, 6.07) is 0. The van der Waals surface area contributed by atoms with Gasteiger partial charge in [-0.2, -0.15) is 0 Å². The SMILES string of the molecule is COCCCC1CCN(Cc2cnc(S(=O)(=O)CC3CC3)n2CC2CCCO2)CC1. The van der Waals surface area contributed by atoms with E-state index in [1.807, 2.05) is 4.57 Å². The fraction of sp³-hybridized carbons (Fsp3) is 0.864. The number of methoxy groups -OCH3 is 1. The number of imidazole rings is 1. The van der Waals surface area contributed by atoms with Crippen molar-refractivity contribution in [2.24, 2.45) is 11.8 Å². The zero-order valence-electron chi connectivity index (χ0n) is 18.3. The Hall–Kier alpha value is -0.960. The molecule has 3 heterocycles. The predicted molar refractivity (Wildman–Crippen MR) is 115 cm³/mol. The number of nitrogens with zero attached hydrogens (tertiary/aromatic N) is 3. The summed E-state index contributed by atoms with van der Waals surface area (Å²) in [6.07, 6.45) is 10.8. The maximum absolute atomic E-state index is 13.0. The highest BCUT2D eigenvalue weighted by Crippen LogP contribution is 2.32. The summed E-state index contributed by atoms with van der Waals surface area (Å²) in [5.41, 5.74) is 1.01. The van der Waals surface area contributed by atoms with Gasteiger partial charge in [-0.25, -0.2) is 13.4 Å². The van der Waals surface area contributed by atoms with Crippen LogP contribution in [-0.4, -0.2) is 68.1 Å². The van der Waals surface area contributed by atoms with Crippen LogP contribution in [0.4, 0.5) is 0 Å². The van der Waals surface area contributed by atoms with E-state index in [4.69, 9.17) is 9.47 Å². The quantitative estimate of drug-likeness (QED) is 0.494. The van der Waals surface area contributed by atoms with Crippen molar-refractivity contribution in [3.8, 4) is 0 Å². The van der Waals surface area contributed by atoms with Crippen molar-refractivity contribution < 1.29 is 17.9 Å². The average molecular weight is 440 g/mol. The zero-order chi connectivity index (χ0) is 21.0. The van der Waals surface area contributed by atoms with Crippen LogP contribution in [0.15, 0.2) is 11.4 Å². The molecule has 1 saturated carbocycles. The highest BCUT2D eigenvalue weighted by atomic mass is 32.2. The molecule has 1 aromatic heterocycles. The van der Waals surface area contributed by atoms with Crippen LogP contribution in [0, 0.1) is 11.8 Å². The van der Waals surface area contributed by atoms with Crippen molar-refractivity contribution in [1.82, 2.24) is 14.5 Å². The Balaban J connectivity index is 1.42. The molecule has 3 aliphatic rings. The molecule has 0 amide bonds. The molecule has 3 fully saturated rings. The first-order valence-electron chi connectivity index (χ1n) is 11.6. The average Bonchev–Trinajstić information content (AvgIpc) is 3.21. The summed E-state index contributed by atoms with van der Waals surface area (Å²) in [7, 11) is -1.58. The Morgan fingerprint density at radius 2 is 1.97 bits per heavy atom. The van der Waals surface area contributed by atoms with Gasteiger partial charge in [0.1, 0.15) is 0 Å². The van der Waals surface area contributed by atoms with Crippen LogP contribution in [0.3, 0.4) is 0 Å². The molecule has 170 valence electrons. The standard InChI is InChI=1S/C22H37N3O4S/c1-28-12-2-4-18-8-10-24(11-9-18)15-20-14-23-22(30(26,27)17-19-6-7-19)25(20)16-21-5-3-13-29-21/h14,18-19,21H,2-13,15-17H2,1H3. The van der Waals surface area contributed by atoms with Crippen molar-refractivity contribution in [1.29, 1.82) is 0 Å². The van der Waals surface area contributed by atoms with E-state index in [1.165, 1.54) is 19.3 Å². The van der Waals surface area contributed by atoms with E-state index in [2.05, 4.69) is 9.88 Å². The highest BCUT2D eigenvalue weighted by Gasteiger charge is 2.33. The third-order valence-electron chi connectivity index (χ3n) is 6.80. The number of rotatable bonds is 11. The number of ether oxygens (including phenoxy) is 2. The first-order valence-corrected chi connectivity index (χ1v) is 13.3. The maximum Gasteiger partial charge on any atom is 0.227 e. The van der Waals surface area contributed by atoms with Crippen LogP contribution in [-0.2, 0) is 32.4 Å². The largest absolute Gasteiger partial charge is 0.385 e. The Labute approximate surface area is 181 Å². The van der Waals surface area contributed by atoms with E-state index in [-0.39, 0.29) is 17.0 Å². The first-order chi connectivity index (χ1) is 14.5. The number of hydrogen-bond acceptors (Lipinski definition) is 6. The van der Waals surface area contributed by atoms with Crippen LogP contribution in [0.2, 0.25) is 0 Å². The normalized spacial score (nSPS) is 24.0. The van der Waals surface area contributed by atoms with Crippen molar-refractivity contribution in [2.75, 3.05) is 39.2 Å². The van der Waals surface area contributed by atoms with Crippen LogP contribution in [0.1, 0.15) is 57.1 Å². The Morgan fingerprint density at radius 1 is 1.17 bits per heavy atom. The number of hydrogen-bond donors (Lipinski definition) is 0. The fourth-order valence-corrected chi connectivity index (χ4v) is 6.65. The minimum Gasteiger partial charge on any atom is -0.385 e. The van der Waals surface area contributed by atoms with Crippen LogP contribution in [0.25, 0.3) is 0 Å². The molecule has 0 aromatic carbocycles. The van der Waals surface area contributed by atoms with Gasteiger partial charge in [0.15, 0.2) is 0 Å². The lowest BCUT2D eigenvalue weighted by Crippen LogP contribution is -2.34. The van der Waals surface area contributed by atoms with Crippen molar-refractivity contribution >= 4 is 9.84 Å². The second-order valence-corrected chi connectivity index (χ2v) is 11.3. The van der Waals surface area contributed by atoms with E-state index < -0.39 is 9.84 Å². The van der Waals surface area contributed by atoms with Gasteiger partial charge < -0.3 is 14.0 Å². The summed E-state index contributed by atoms with van der Waals surface area (Å²) in [4.78, 5) is 6.87. The van der Waals surface area contributed by atoms with Gasteiger partial charge in [-0.3, -0.25) is 4.90 Å². The van der Waals surface area contributed by atoms with Crippen molar-refractivity contribution in [2.45, 2.75) is 75.7 Å². The number of sulfone groups is 1. The van der Waals surface area contributed by atoms with Crippen molar-refractivity contribution in [3.63, 3.8) is 0 Å². The van der Waals surface area contributed by atoms with E-state index >= 15 is 0 Å². The Morgan fingerprint density at radius 3 is 2.63 bits per heavy atom. The van der Waals surface area contributed by atoms with Gasteiger partial charge in [0.2, 0.25) is 15.0 Å². The van der Waals surface area contributed by atoms with Gasteiger partial charge in [0, 0.05) is 26.9 Å². The van der Waals surface area contributed by atoms with Gasteiger partial charge in [-0.05, 0) is 76.3 Å². The third-order valence-corrected chi connectivity index (χ3v) is 8.59. The molecular formula is C22H37N3O4S. The second kappa shape index (κ2) is 10.1. The fourth-order valence-electron chi connectivity index (χ4n) is 4.80. The molecule has 0 N–H and O–H groups in total. The summed E-state index contributed by atoms with van der Waals surface area (Å²) < 4.78 is 39.0. The Kier molecular flexibility index (Phi) is 7.49. The van der Waals surface area contributed by atoms with Crippen molar-refractivity contribution in [3.05, 3.63) is 11.9 Å². The maximum atomic E-state index is 13.0. The molecule has 1 unspecified atom stereocenters. The zero-order valence-corrected chi connectivity index (χ0v) is 19.1.